The highest BCUT2D eigenvalue weighted by molar-refractivity contribution is 9.10. The molecule has 0 spiro atoms. The third-order valence-corrected chi connectivity index (χ3v) is 4.15. The molecular formula is C8H9BrF3NS. The highest BCUT2D eigenvalue weighted by Gasteiger charge is 2.32. The van der Waals surface area contributed by atoms with Gasteiger partial charge in [-0.1, -0.05) is 0 Å². The van der Waals surface area contributed by atoms with Gasteiger partial charge in [-0.25, -0.2) is 0 Å². The van der Waals surface area contributed by atoms with E-state index in [9.17, 15) is 13.2 Å². The monoisotopic (exact) mass is 287 g/mol. The van der Waals surface area contributed by atoms with E-state index in [1.807, 2.05) is 0 Å². The van der Waals surface area contributed by atoms with Crippen molar-refractivity contribution in [3.05, 3.63) is 20.3 Å². The van der Waals surface area contributed by atoms with Gasteiger partial charge in [-0.15, -0.1) is 11.3 Å². The van der Waals surface area contributed by atoms with Crippen LogP contribution in [0.2, 0.25) is 0 Å². The third-order valence-electron chi connectivity index (χ3n) is 1.81. The van der Waals surface area contributed by atoms with Gasteiger partial charge < -0.3 is 5.73 Å². The number of nitrogens with two attached hydrogens (primary N) is 1. The molecule has 14 heavy (non-hydrogen) atoms. The first-order valence-electron chi connectivity index (χ1n) is 3.87. The van der Waals surface area contributed by atoms with Crippen LogP contribution in [0.25, 0.3) is 0 Å². The van der Waals surface area contributed by atoms with Crippen molar-refractivity contribution in [3.63, 3.8) is 0 Å². The molecule has 80 valence electrons. The van der Waals surface area contributed by atoms with Gasteiger partial charge in [-0.2, -0.15) is 13.2 Å². The zero-order valence-corrected chi connectivity index (χ0v) is 9.76. The van der Waals surface area contributed by atoms with Gasteiger partial charge in [0.2, 0.25) is 0 Å². The minimum absolute atomic E-state index is 0.592. The van der Waals surface area contributed by atoms with E-state index >= 15 is 0 Å². The van der Waals surface area contributed by atoms with Gasteiger partial charge in [0.05, 0.1) is 6.42 Å². The summed E-state index contributed by atoms with van der Waals surface area (Å²) in [6.45, 7) is 1.76. The van der Waals surface area contributed by atoms with Gasteiger partial charge in [0.25, 0.3) is 0 Å². The SMILES string of the molecule is Cc1c(Br)csc1C(N)CC(F)(F)F. The fourth-order valence-electron chi connectivity index (χ4n) is 1.12. The molecule has 0 fully saturated rings. The average molecular weight is 288 g/mol. The van der Waals surface area contributed by atoms with Gasteiger partial charge in [0.15, 0.2) is 0 Å². The molecule has 0 aliphatic carbocycles. The smallest absolute Gasteiger partial charge is 0.323 e. The maximum absolute atomic E-state index is 12.0. The van der Waals surface area contributed by atoms with Crippen molar-refractivity contribution >= 4 is 27.3 Å². The van der Waals surface area contributed by atoms with Gasteiger partial charge in [-0.05, 0) is 28.4 Å². The summed E-state index contributed by atoms with van der Waals surface area (Å²) in [5, 5.41) is 1.75. The van der Waals surface area contributed by atoms with Crippen molar-refractivity contribution in [2.24, 2.45) is 5.73 Å². The lowest BCUT2D eigenvalue weighted by molar-refractivity contribution is -0.138. The number of rotatable bonds is 2. The third kappa shape index (κ3) is 2.96. The molecule has 0 aliphatic rings. The zero-order valence-electron chi connectivity index (χ0n) is 7.36. The van der Waals surface area contributed by atoms with Crippen LogP contribution >= 0.6 is 27.3 Å². The van der Waals surface area contributed by atoms with E-state index in [0.29, 0.717) is 4.88 Å². The molecule has 0 amide bonds. The molecule has 1 aromatic heterocycles. The van der Waals surface area contributed by atoms with Crippen molar-refractivity contribution in [3.8, 4) is 0 Å². The van der Waals surface area contributed by atoms with Crippen LogP contribution in [-0.2, 0) is 0 Å². The van der Waals surface area contributed by atoms with Crippen LogP contribution in [0, 0.1) is 6.92 Å². The second kappa shape index (κ2) is 4.20. The lowest BCUT2D eigenvalue weighted by Gasteiger charge is -2.13. The molecule has 0 bridgehead atoms. The van der Waals surface area contributed by atoms with Gasteiger partial charge in [0.1, 0.15) is 0 Å². The predicted octanol–water partition coefficient (Wildman–Crippen LogP) is 3.77. The highest BCUT2D eigenvalue weighted by atomic mass is 79.9. The maximum atomic E-state index is 12.0. The van der Waals surface area contributed by atoms with Crippen LogP contribution in [-0.4, -0.2) is 6.18 Å². The summed E-state index contributed by atoms with van der Waals surface area (Å²) in [4.78, 5) is 0.592. The second-order valence-corrected chi connectivity index (χ2v) is 4.76. The molecular weight excluding hydrogens is 279 g/mol. The summed E-state index contributed by atoms with van der Waals surface area (Å²) < 4.78 is 36.9. The fraction of sp³-hybridized carbons (Fsp3) is 0.500. The van der Waals surface area contributed by atoms with Crippen LogP contribution in [0.3, 0.4) is 0 Å². The van der Waals surface area contributed by atoms with Crippen LogP contribution < -0.4 is 5.73 Å². The van der Waals surface area contributed by atoms with E-state index < -0.39 is 18.6 Å². The molecule has 0 saturated heterocycles. The van der Waals surface area contributed by atoms with Gasteiger partial charge in [-0.3, -0.25) is 0 Å². The first kappa shape index (κ1) is 12.0. The Morgan fingerprint density at radius 3 is 2.50 bits per heavy atom. The van der Waals surface area contributed by atoms with Crippen LogP contribution in [0.5, 0.6) is 0 Å². The zero-order chi connectivity index (χ0) is 10.9. The van der Waals surface area contributed by atoms with Crippen LogP contribution in [0.15, 0.2) is 9.85 Å². The standard InChI is InChI=1S/C8H9BrF3NS/c1-4-5(9)3-14-7(4)6(13)2-8(10,11)12/h3,6H,2,13H2,1H3. The Bertz CT molecular complexity index is 321. The molecule has 0 radical (unpaired) electrons. The number of hydrogen-bond acceptors (Lipinski definition) is 2. The lowest BCUT2D eigenvalue weighted by atomic mass is 10.1. The summed E-state index contributed by atoms with van der Waals surface area (Å²) in [5.41, 5.74) is 6.26. The molecule has 1 nitrogen and oxygen atoms in total. The van der Waals surface area contributed by atoms with Crippen molar-refractivity contribution in [2.75, 3.05) is 0 Å². The minimum atomic E-state index is -4.21. The Morgan fingerprint density at radius 1 is 1.57 bits per heavy atom. The first-order chi connectivity index (χ1) is 6.31. The van der Waals surface area contributed by atoms with E-state index in [4.69, 9.17) is 5.73 Å². The Balaban J connectivity index is 2.80. The van der Waals surface area contributed by atoms with E-state index in [-0.39, 0.29) is 0 Å². The van der Waals surface area contributed by atoms with E-state index in [2.05, 4.69) is 15.9 Å². The molecule has 1 rings (SSSR count). The quantitative estimate of drug-likeness (QED) is 0.880. The predicted molar refractivity (Wildman–Crippen MR) is 54.4 cm³/mol. The largest absolute Gasteiger partial charge is 0.390 e. The number of thiophene rings is 1. The topological polar surface area (TPSA) is 26.0 Å². The van der Waals surface area contributed by atoms with Gasteiger partial charge >= 0.3 is 6.18 Å². The second-order valence-electron chi connectivity index (χ2n) is 3.00. The van der Waals surface area contributed by atoms with Crippen molar-refractivity contribution < 1.29 is 13.2 Å². The van der Waals surface area contributed by atoms with E-state index in [1.54, 1.807) is 12.3 Å². The van der Waals surface area contributed by atoms with Gasteiger partial charge in [0, 0.05) is 20.8 Å². The molecule has 1 unspecified atom stereocenters. The van der Waals surface area contributed by atoms with Crippen LogP contribution in [0.1, 0.15) is 22.9 Å². The summed E-state index contributed by atoms with van der Waals surface area (Å²) in [5.74, 6) is 0. The Labute approximate surface area is 92.2 Å². The molecule has 1 aromatic rings. The number of alkyl halides is 3. The average Bonchev–Trinajstić information content (AvgIpc) is 2.29. The van der Waals surface area contributed by atoms with Crippen molar-refractivity contribution in [1.82, 2.24) is 0 Å². The molecule has 1 heterocycles. The fourth-order valence-corrected chi connectivity index (χ4v) is 2.69. The molecule has 6 heteroatoms. The first-order valence-corrected chi connectivity index (χ1v) is 5.54. The molecule has 2 N–H and O–H groups in total. The number of halogens is 4. The Kier molecular flexibility index (Phi) is 3.60. The summed E-state index contributed by atoms with van der Waals surface area (Å²) >= 11 is 4.49. The van der Waals surface area contributed by atoms with E-state index in [0.717, 1.165) is 10.0 Å². The van der Waals surface area contributed by atoms with E-state index in [1.165, 1.54) is 11.3 Å². The van der Waals surface area contributed by atoms with Crippen molar-refractivity contribution in [1.29, 1.82) is 0 Å². The highest BCUT2D eigenvalue weighted by Crippen LogP contribution is 2.35. The molecule has 0 saturated carbocycles. The lowest BCUT2D eigenvalue weighted by Crippen LogP contribution is -2.19. The Morgan fingerprint density at radius 2 is 2.14 bits per heavy atom. The normalized spacial score (nSPS) is 14.4. The number of hydrogen-bond donors (Lipinski definition) is 1. The summed E-state index contributed by atoms with van der Waals surface area (Å²) in [6, 6.07) is -0.953. The molecule has 0 aliphatic heterocycles. The Hall–Kier alpha value is -0.0700. The van der Waals surface area contributed by atoms with Crippen molar-refractivity contribution in [2.45, 2.75) is 25.6 Å². The minimum Gasteiger partial charge on any atom is -0.323 e. The maximum Gasteiger partial charge on any atom is 0.390 e. The molecule has 0 aromatic carbocycles. The molecule has 1 atom stereocenters. The summed E-state index contributed by atoms with van der Waals surface area (Å²) in [7, 11) is 0. The van der Waals surface area contributed by atoms with Crippen LogP contribution in [0.4, 0.5) is 13.2 Å². The summed E-state index contributed by atoms with van der Waals surface area (Å²) in [6.07, 6.45) is -5.18.